The summed E-state index contributed by atoms with van der Waals surface area (Å²) in [5, 5.41) is 10.1. The number of carbonyl (C=O) groups is 1. The lowest BCUT2D eigenvalue weighted by molar-refractivity contribution is 0.101. The summed E-state index contributed by atoms with van der Waals surface area (Å²) in [7, 11) is 1.71. The van der Waals surface area contributed by atoms with Crippen LogP contribution in [0, 0.1) is 0 Å². The number of fused-ring (bicyclic) bond motifs is 1. The third kappa shape index (κ3) is 2.95. The fraction of sp³-hybridized carbons (Fsp3) is 0.167. The lowest BCUT2D eigenvalue weighted by Crippen LogP contribution is -2.15. The summed E-state index contributed by atoms with van der Waals surface area (Å²) in [5.41, 5.74) is 1.82. The predicted molar refractivity (Wildman–Crippen MR) is 99.7 cm³/mol. The molecule has 0 fully saturated rings. The number of para-hydroxylation sites is 1. The van der Waals surface area contributed by atoms with Gasteiger partial charge >= 0.3 is 0 Å². The largest absolute Gasteiger partial charge is 0.490 e. The minimum atomic E-state index is -0.255. The number of ether oxygens (including phenoxy) is 1. The molecule has 0 spiro atoms. The zero-order chi connectivity index (χ0) is 18.1. The smallest absolute Gasteiger partial charge is 0.275 e. The maximum Gasteiger partial charge on any atom is 0.275 e. The van der Waals surface area contributed by atoms with Crippen molar-refractivity contribution >= 4 is 33.3 Å². The highest BCUT2D eigenvalue weighted by Crippen LogP contribution is 2.34. The van der Waals surface area contributed by atoms with E-state index in [0.29, 0.717) is 40.2 Å². The second kappa shape index (κ2) is 6.64. The molecule has 4 rings (SSSR count). The molecule has 0 saturated carbocycles. The lowest BCUT2D eigenvalue weighted by Gasteiger charge is -2.02. The van der Waals surface area contributed by atoms with Gasteiger partial charge in [-0.2, -0.15) is 5.10 Å². The molecule has 26 heavy (non-hydrogen) atoms. The Kier molecular flexibility index (Phi) is 4.18. The third-order valence-corrected chi connectivity index (χ3v) is 4.60. The molecule has 0 bridgehead atoms. The molecule has 132 valence electrons. The monoisotopic (exact) mass is 368 g/mol. The van der Waals surface area contributed by atoms with Crippen molar-refractivity contribution < 1.29 is 13.9 Å². The van der Waals surface area contributed by atoms with E-state index in [9.17, 15) is 4.79 Å². The molecule has 1 aromatic carbocycles. The molecule has 1 amide bonds. The van der Waals surface area contributed by atoms with Gasteiger partial charge in [0, 0.05) is 24.0 Å². The summed E-state index contributed by atoms with van der Waals surface area (Å²) < 4.78 is 13.1. The molecule has 3 aromatic heterocycles. The van der Waals surface area contributed by atoms with Crippen LogP contribution in [0.25, 0.3) is 22.4 Å². The van der Waals surface area contributed by atoms with Crippen molar-refractivity contribution in [2.45, 2.75) is 6.92 Å². The Morgan fingerprint density at radius 1 is 1.38 bits per heavy atom. The molecule has 4 aromatic rings. The second-order valence-corrected chi connectivity index (χ2v) is 6.41. The van der Waals surface area contributed by atoms with E-state index in [1.54, 1.807) is 19.3 Å². The molecule has 0 aliphatic rings. The van der Waals surface area contributed by atoms with Gasteiger partial charge in [-0.1, -0.05) is 12.1 Å². The first-order valence-corrected chi connectivity index (χ1v) is 8.94. The van der Waals surface area contributed by atoms with Gasteiger partial charge in [-0.15, -0.1) is 11.3 Å². The highest BCUT2D eigenvalue weighted by Gasteiger charge is 2.16. The highest BCUT2D eigenvalue weighted by molar-refractivity contribution is 7.14. The standard InChI is InChI=1S/C18H16N4O3S/c1-3-24-14-6-4-5-11-9-15(25-16(11)14)12-10-26-18(20-12)21-17(23)13-7-8-19-22(13)2/h4-10H,3H2,1-2H3,(H,20,21,23). The van der Waals surface area contributed by atoms with Crippen LogP contribution < -0.4 is 10.1 Å². The van der Waals surface area contributed by atoms with Gasteiger partial charge in [0.25, 0.3) is 5.91 Å². The van der Waals surface area contributed by atoms with Gasteiger partial charge < -0.3 is 9.15 Å². The van der Waals surface area contributed by atoms with Gasteiger partial charge in [-0.25, -0.2) is 4.98 Å². The summed E-state index contributed by atoms with van der Waals surface area (Å²) in [5.74, 6) is 1.08. The zero-order valence-electron chi connectivity index (χ0n) is 14.2. The first-order valence-electron chi connectivity index (χ1n) is 8.06. The Morgan fingerprint density at radius 3 is 3.04 bits per heavy atom. The molecule has 0 radical (unpaired) electrons. The van der Waals surface area contributed by atoms with E-state index < -0.39 is 0 Å². The van der Waals surface area contributed by atoms with Crippen molar-refractivity contribution in [2.24, 2.45) is 7.05 Å². The topological polar surface area (TPSA) is 82.2 Å². The van der Waals surface area contributed by atoms with Crippen molar-refractivity contribution in [1.29, 1.82) is 0 Å². The molecule has 0 aliphatic carbocycles. The van der Waals surface area contributed by atoms with Crippen LogP contribution in [0.5, 0.6) is 5.75 Å². The number of hydrogen-bond acceptors (Lipinski definition) is 6. The van der Waals surface area contributed by atoms with Crippen LogP contribution in [-0.4, -0.2) is 27.3 Å². The van der Waals surface area contributed by atoms with Crippen LogP contribution >= 0.6 is 11.3 Å². The van der Waals surface area contributed by atoms with E-state index in [0.717, 1.165) is 5.39 Å². The van der Waals surface area contributed by atoms with Crippen molar-refractivity contribution in [1.82, 2.24) is 14.8 Å². The molecule has 7 nitrogen and oxygen atoms in total. The molecule has 8 heteroatoms. The van der Waals surface area contributed by atoms with Crippen molar-refractivity contribution in [2.75, 3.05) is 11.9 Å². The van der Waals surface area contributed by atoms with Gasteiger partial charge in [0.1, 0.15) is 11.4 Å². The number of amides is 1. The Labute approximate surface area is 153 Å². The minimum Gasteiger partial charge on any atom is -0.490 e. The van der Waals surface area contributed by atoms with Crippen LogP contribution in [0.2, 0.25) is 0 Å². The van der Waals surface area contributed by atoms with Gasteiger partial charge in [0.05, 0.1) is 6.61 Å². The van der Waals surface area contributed by atoms with E-state index in [-0.39, 0.29) is 5.91 Å². The normalized spacial score (nSPS) is 11.0. The van der Waals surface area contributed by atoms with Crippen LogP contribution in [0.1, 0.15) is 17.4 Å². The van der Waals surface area contributed by atoms with Crippen LogP contribution in [0.4, 0.5) is 5.13 Å². The number of hydrogen-bond donors (Lipinski definition) is 1. The van der Waals surface area contributed by atoms with Crippen LogP contribution in [0.3, 0.4) is 0 Å². The van der Waals surface area contributed by atoms with Crippen molar-refractivity contribution in [3.8, 4) is 17.2 Å². The predicted octanol–water partition coefficient (Wildman–Crippen LogP) is 3.94. The van der Waals surface area contributed by atoms with E-state index in [1.165, 1.54) is 16.0 Å². The average Bonchev–Trinajstić information content (AvgIpc) is 3.34. The number of aromatic nitrogens is 3. The molecule has 0 aliphatic heterocycles. The van der Waals surface area contributed by atoms with E-state index in [1.807, 2.05) is 36.6 Å². The number of nitrogens with one attached hydrogen (secondary N) is 1. The molecule has 0 atom stereocenters. The third-order valence-electron chi connectivity index (χ3n) is 3.84. The Morgan fingerprint density at radius 2 is 2.27 bits per heavy atom. The fourth-order valence-electron chi connectivity index (χ4n) is 2.63. The van der Waals surface area contributed by atoms with Crippen LogP contribution in [-0.2, 0) is 7.05 Å². The van der Waals surface area contributed by atoms with E-state index >= 15 is 0 Å². The van der Waals surface area contributed by atoms with Gasteiger partial charge in [0.15, 0.2) is 22.2 Å². The summed E-state index contributed by atoms with van der Waals surface area (Å²) in [6.45, 7) is 2.50. The summed E-state index contributed by atoms with van der Waals surface area (Å²) in [4.78, 5) is 16.7. The zero-order valence-corrected chi connectivity index (χ0v) is 15.0. The Hall–Kier alpha value is -3.13. The Bertz CT molecular complexity index is 1080. The number of furan rings is 1. The fourth-order valence-corrected chi connectivity index (χ4v) is 3.33. The first kappa shape index (κ1) is 16.3. The summed E-state index contributed by atoms with van der Waals surface area (Å²) >= 11 is 1.34. The molecular formula is C18H16N4O3S. The molecular weight excluding hydrogens is 352 g/mol. The molecule has 1 N–H and O–H groups in total. The van der Waals surface area contributed by atoms with Crippen molar-refractivity contribution in [3.63, 3.8) is 0 Å². The number of anilines is 1. The number of carbonyl (C=O) groups excluding carboxylic acids is 1. The summed E-state index contributed by atoms with van der Waals surface area (Å²) in [6, 6.07) is 9.33. The van der Waals surface area contributed by atoms with E-state index in [2.05, 4.69) is 15.4 Å². The molecule has 3 heterocycles. The van der Waals surface area contributed by atoms with Gasteiger partial charge in [-0.05, 0) is 25.1 Å². The number of nitrogens with zero attached hydrogens (tertiary/aromatic N) is 3. The van der Waals surface area contributed by atoms with Gasteiger partial charge in [-0.3, -0.25) is 14.8 Å². The molecule has 0 unspecified atom stereocenters. The lowest BCUT2D eigenvalue weighted by atomic mass is 10.2. The number of rotatable bonds is 5. The minimum absolute atomic E-state index is 0.255. The van der Waals surface area contributed by atoms with Crippen LogP contribution in [0.15, 0.2) is 46.3 Å². The quantitative estimate of drug-likeness (QED) is 0.577. The maximum absolute atomic E-state index is 12.3. The van der Waals surface area contributed by atoms with Crippen molar-refractivity contribution in [3.05, 3.63) is 47.6 Å². The van der Waals surface area contributed by atoms with E-state index in [4.69, 9.17) is 9.15 Å². The molecule has 0 saturated heterocycles. The summed E-state index contributed by atoms with van der Waals surface area (Å²) in [6.07, 6.45) is 1.58. The number of aryl methyl sites for hydroxylation is 1. The highest BCUT2D eigenvalue weighted by atomic mass is 32.1. The Balaban J connectivity index is 1.60. The second-order valence-electron chi connectivity index (χ2n) is 5.55. The van der Waals surface area contributed by atoms with Gasteiger partial charge in [0.2, 0.25) is 0 Å². The number of benzene rings is 1. The first-order chi connectivity index (χ1) is 12.7. The maximum atomic E-state index is 12.3. The SMILES string of the molecule is CCOc1cccc2cc(-c3csc(NC(=O)c4ccnn4C)n3)oc12. The number of thiazole rings is 1. The average molecular weight is 368 g/mol.